The fourth-order valence-corrected chi connectivity index (χ4v) is 5.30. The molecule has 0 unspecified atom stereocenters. The lowest BCUT2D eigenvalue weighted by molar-refractivity contribution is -0.136. The molecule has 2 N–H and O–H groups in total. The van der Waals surface area contributed by atoms with Crippen LogP contribution in [0.4, 0.5) is 5.69 Å². The third-order valence-electron chi connectivity index (χ3n) is 5.52. The Kier molecular flexibility index (Phi) is 7.07. The number of anilines is 1. The summed E-state index contributed by atoms with van der Waals surface area (Å²) >= 11 is 0. The number of hydrogen-bond donors (Lipinski definition) is 2. The summed E-state index contributed by atoms with van der Waals surface area (Å²) in [5.41, 5.74) is 3.55. The fraction of sp³-hybridized carbons (Fsp3) is 0.409. The van der Waals surface area contributed by atoms with E-state index in [-0.39, 0.29) is 10.8 Å². The molecule has 2 aromatic rings. The highest BCUT2D eigenvalue weighted by molar-refractivity contribution is 7.89. The zero-order chi connectivity index (χ0) is 22.6. The van der Waals surface area contributed by atoms with E-state index in [0.29, 0.717) is 38.2 Å². The van der Waals surface area contributed by atoms with Gasteiger partial charge in [0, 0.05) is 37.7 Å². The molecule has 0 spiro atoms. The van der Waals surface area contributed by atoms with Crippen LogP contribution < -0.4 is 10.6 Å². The minimum Gasteiger partial charge on any atom is -0.348 e. The average Bonchev–Trinajstić information content (AvgIpc) is 2.75. The predicted molar refractivity (Wildman–Crippen MR) is 118 cm³/mol. The number of aromatic nitrogens is 1. The number of nitrogens with one attached hydrogen (secondary N) is 2. The van der Waals surface area contributed by atoms with Gasteiger partial charge in [-0.2, -0.15) is 4.31 Å². The van der Waals surface area contributed by atoms with Gasteiger partial charge in [0.2, 0.25) is 10.0 Å². The Morgan fingerprint density at radius 3 is 2.32 bits per heavy atom. The maximum absolute atomic E-state index is 12.7. The van der Waals surface area contributed by atoms with Gasteiger partial charge in [0.15, 0.2) is 0 Å². The highest BCUT2D eigenvalue weighted by Crippen LogP contribution is 2.23. The van der Waals surface area contributed by atoms with Gasteiger partial charge in [-0.3, -0.25) is 14.6 Å². The van der Waals surface area contributed by atoms with Gasteiger partial charge >= 0.3 is 11.8 Å². The van der Waals surface area contributed by atoms with Gasteiger partial charge in [-0.05, 0) is 62.8 Å². The number of aryl methyl sites for hydroxylation is 3. The van der Waals surface area contributed by atoms with Crippen LogP contribution in [0.25, 0.3) is 0 Å². The number of pyridine rings is 1. The number of amides is 2. The standard InChI is InChI=1S/C22H28N4O4S/c1-15-11-16(2)20(17(3)12-15)25-22(28)21(27)24-13-18-6-9-26(10-7-18)31(29,30)19-5-4-8-23-14-19/h4-5,8,11-12,14,18H,6-7,9-10,13H2,1-3H3,(H,24,27)(H,25,28). The molecule has 1 fully saturated rings. The molecule has 1 aromatic carbocycles. The summed E-state index contributed by atoms with van der Waals surface area (Å²) in [5, 5.41) is 5.37. The van der Waals surface area contributed by atoms with Gasteiger partial charge in [0.25, 0.3) is 0 Å². The highest BCUT2D eigenvalue weighted by Gasteiger charge is 2.30. The summed E-state index contributed by atoms with van der Waals surface area (Å²) in [6.07, 6.45) is 4.10. The fourth-order valence-electron chi connectivity index (χ4n) is 3.87. The van der Waals surface area contributed by atoms with Crippen molar-refractivity contribution in [3.63, 3.8) is 0 Å². The molecule has 1 aliphatic rings. The second-order valence-corrected chi connectivity index (χ2v) is 9.91. The summed E-state index contributed by atoms with van der Waals surface area (Å²) in [4.78, 5) is 28.6. The number of rotatable bonds is 5. The van der Waals surface area contributed by atoms with Crippen molar-refractivity contribution in [2.24, 2.45) is 5.92 Å². The highest BCUT2D eigenvalue weighted by atomic mass is 32.2. The van der Waals surface area contributed by atoms with Gasteiger partial charge in [0.05, 0.1) is 0 Å². The SMILES string of the molecule is Cc1cc(C)c(NC(=O)C(=O)NCC2CCN(S(=O)(=O)c3cccnc3)CC2)c(C)c1. The summed E-state index contributed by atoms with van der Waals surface area (Å²) in [7, 11) is -3.56. The number of hydrogen-bond acceptors (Lipinski definition) is 5. The molecule has 1 aromatic heterocycles. The van der Waals surface area contributed by atoms with E-state index in [1.165, 1.54) is 22.8 Å². The second kappa shape index (κ2) is 9.57. The van der Waals surface area contributed by atoms with Crippen molar-refractivity contribution < 1.29 is 18.0 Å². The van der Waals surface area contributed by atoms with E-state index in [0.717, 1.165) is 16.7 Å². The van der Waals surface area contributed by atoms with Gasteiger partial charge < -0.3 is 10.6 Å². The van der Waals surface area contributed by atoms with Crippen LogP contribution in [0.15, 0.2) is 41.6 Å². The maximum atomic E-state index is 12.7. The number of carbonyl (C=O) groups excluding carboxylic acids is 2. The molecule has 9 heteroatoms. The first-order valence-corrected chi connectivity index (χ1v) is 11.7. The molecule has 2 amide bonds. The van der Waals surface area contributed by atoms with Crippen LogP contribution in [-0.2, 0) is 19.6 Å². The van der Waals surface area contributed by atoms with E-state index >= 15 is 0 Å². The Balaban J connectivity index is 1.49. The largest absolute Gasteiger partial charge is 0.348 e. The van der Waals surface area contributed by atoms with E-state index in [4.69, 9.17) is 0 Å². The Morgan fingerprint density at radius 2 is 1.74 bits per heavy atom. The third kappa shape index (κ3) is 5.48. The van der Waals surface area contributed by atoms with E-state index in [1.807, 2.05) is 32.9 Å². The molecule has 31 heavy (non-hydrogen) atoms. The minimum atomic E-state index is -3.56. The lowest BCUT2D eigenvalue weighted by Crippen LogP contribution is -2.43. The van der Waals surface area contributed by atoms with E-state index in [9.17, 15) is 18.0 Å². The van der Waals surface area contributed by atoms with Crippen molar-refractivity contribution in [2.75, 3.05) is 25.0 Å². The second-order valence-electron chi connectivity index (χ2n) is 7.97. The molecule has 2 heterocycles. The Morgan fingerprint density at radius 1 is 1.10 bits per heavy atom. The molecule has 3 rings (SSSR count). The van der Waals surface area contributed by atoms with E-state index < -0.39 is 21.8 Å². The quantitative estimate of drug-likeness (QED) is 0.687. The van der Waals surface area contributed by atoms with Crippen LogP contribution in [0.2, 0.25) is 0 Å². The lowest BCUT2D eigenvalue weighted by atomic mass is 9.98. The summed E-state index contributed by atoms with van der Waals surface area (Å²) < 4.78 is 26.8. The molecule has 0 aliphatic carbocycles. The zero-order valence-corrected chi connectivity index (χ0v) is 18.8. The van der Waals surface area contributed by atoms with Crippen LogP contribution >= 0.6 is 0 Å². The van der Waals surface area contributed by atoms with Crippen molar-refractivity contribution in [1.82, 2.24) is 14.6 Å². The van der Waals surface area contributed by atoms with Crippen molar-refractivity contribution >= 4 is 27.5 Å². The molecule has 166 valence electrons. The summed E-state index contributed by atoms with van der Waals surface area (Å²) in [5.74, 6) is -1.28. The third-order valence-corrected chi connectivity index (χ3v) is 7.40. The van der Waals surface area contributed by atoms with Crippen LogP contribution in [0.1, 0.15) is 29.5 Å². The van der Waals surface area contributed by atoms with Crippen molar-refractivity contribution in [3.8, 4) is 0 Å². The van der Waals surface area contributed by atoms with Gasteiger partial charge in [-0.25, -0.2) is 8.42 Å². The van der Waals surface area contributed by atoms with E-state index in [1.54, 1.807) is 6.07 Å². The van der Waals surface area contributed by atoms with Crippen LogP contribution in [-0.4, -0.2) is 49.2 Å². The van der Waals surface area contributed by atoms with Crippen LogP contribution in [0, 0.1) is 26.7 Å². The summed E-state index contributed by atoms with van der Waals surface area (Å²) in [6.45, 7) is 6.82. The first-order chi connectivity index (χ1) is 14.7. The zero-order valence-electron chi connectivity index (χ0n) is 18.0. The maximum Gasteiger partial charge on any atom is 0.313 e. The molecule has 1 aliphatic heterocycles. The van der Waals surface area contributed by atoms with Gasteiger partial charge in [-0.1, -0.05) is 17.7 Å². The molecule has 1 saturated heterocycles. The Bertz CT molecular complexity index is 1040. The number of nitrogens with zero attached hydrogens (tertiary/aromatic N) is 2. The van der Waals surface area contributed by atoms with Crippen LogP contribution in [0.3, 0.4) is 0 Å². The number of carbonyl (C=O) groups is 2. The number of benzene rings is 1. The van der Waals surface area contributed by atoms with Crippen LogP contribution in [0.5, 0.6) is 0 Å². The minimum absolute atomic E-state index is 0.111. The average molecular weight is 445 g/mol. The molecule has 0 radical (unpaired) electrons. The monoisotopic (exact) mass is 444 g/mol. The van der Waals surface area contributed by atoms with Gasteiger partial charge in [0.1, 0.15) is 4.90 Å². The molecular formula is C22H28N4O4S. The lowest BCUT2D eigenvalue weighted by Gasteiger charge is -2.31. The van der Waals surface area contributed by atoms with Gasteiger partial charge in [-0.15, -0.1) is 0 Å². The molecular weight excluding hydrogens is 416 g/mol. The molecule has 0 saturated carbocycles. The first-order valence-electron chi connectivity index (χ1n) is 10.3. The first kappa shape index (κ1) is 22.9. The summed E-state index contributed by atoms with van der Waals surface area (Å²) in [6, 6.07) is 7.03. The molecule has 0 atom stereocenters. The Labute approximate surface area is 183 Å². The number of sulfonamides is 1. The van der Waals surface area contributed by atoms with Crippen molar-refractivity contribution in [1.29, 1.82) is 0 Å². The van der Waals surface area contributed by atoms with Crippen molar-refractivity contribution in [3.05, 3.63) is 53.3 Å². The predicted octanol–water partition coefficient (Wildman–Crippen LogP) is 2.16. The molecule has 0 bridgehead atoms. The topological polar surface area (TPSA) is 108 Å². The smallest absolute Gasteiger partial charge is 0.313 e. The van der Waals surface area contributed by atoms with Crippen molar-refractivity contribution in [2.45, 2.75) is 38.5 Å². The Hall–Kier alpha value is -2.78. The molecule has 8 nitrogen and oxygen atoms in total. The normalized spacial score (nSPS) is 15.5. The number of piperidine rings is 1. The van der Waals surface area contributed by atoms with E-state index in [2.05, 4.69) is 15.6 Å².